The van der Waals surface area contributed by atoms with Crippen LogP contribution in [0.2, 0.25) is 0 Å². The maximum atomic E-state index is 12.8. The third-order valence-corrected chi connectivity index (χ3v) is 4.72. The number of hydrogen-bond donors (Lipinski definition) is 7. The Kier molecular flexibility index (Phi) is 18.7. The van der Waals surface area contributed by atoms with E-state index in [-0.39, 0.29) is 25.0 Å². The van der Waals surface area contributed by atoms with Gasteiger partial charge in [0.1, 0.15) is 12.6 Å². The van der Waals surface area contributed by atoms with Gasteiger partial charge in [-0.3, -0.25) is 9.59 Å². The van der Waals surface area contributed by atoms with E-state index in [1.807, 2.05) is 0 Å². The number of rotatable bonds is 20. The van der Waals surface area contributed by atoms with Gasteiger partial charge < -0.3 is 43.6 Å². The summed E-state index contributed by atoms with van der Waals surface area (Å²) in [5.74, 6) is -0.570. The molecule has 0 radical (unpaired) electrons. The lowest BCUT2D eigenvalue weighted by molar-refractivity contribution is -0.129. The molecule has 182 valence electrons. The van der Waals surface area contributed by atoms with Crippen LogP contribution in [0.25, 0.3) is 0 Å². The predicted molar refractivity (Wildman–Crippen MR) is 121 cm³/mol. The van der Waals surface area contributed by atoms with Crippen molar-refractivity contribution in [3.8, 4) is 0 Å². The van der Waals surface area contributed by atoms with Gasteiger partial charge in [-0.05, 0) is 71.1 Å². The second-order valence-corrected chi connectivity index (χ2v) is 7.55. The number of unbranched alkanes of at least 4 members (excludes halogenated alkanes) is 4. The molecule has 11 heteroatoms. The van der Waals surface area contributed by atoms with E-state index in [1.165, 1.54) is 0 Å². The Labute approximate surface area is 185 Å². The van der Waals surface area contributed by atoms with Crippen LogP contribution in [0.5, 0.6) is 0 Å². The molecule has 0 aliphatic heterocycles. The van der Waals surface area contributed by atoms with Crippen LogP contribution in [0, 0.1) is 0 Å². The summed E-state index contributed by atoms with van der Waals surface area (Å²) >= 11 is 0. The van der Waals surface area contributed by atoms with Crippen LogP contribution in [0.4, 0.5) is 4.79 Å². The quantitative estimate of drug-likeness (QED) is 0.116. The standard InChI is InChI=1S/C20H43N7O4/c21-10-4-1-7-13-25-14-18(28)27-17(9-3-6-12-23)19(29)26-16(8-2-5-11-22)15-31-20(24)30/h16-17,25H,1-15,21-23H2,(H2,24,30)(H,26,29)(H,27,28). The van der Waals surface area contributed by atoms with Crippen molar-refractivity contribution < 1.29 is 19.1 Å². The fourth-order valence-electron chi connectivity index (χ4n) is 3.00. The molecule has 0 saturated heterocycles. The molecule has 0 aliphatic rings. The summed E-state index contributed by atoms with van der Waals surface area (Å²) in [7, 11) is 0. The van der Waals surface area contributed by atoms with Crippen molar-refractivity contribution in [3.63, 3.8) is 0 Å². The maximum Gasteiger partial charge on any atom is 0.404 e. The molecule has 3 amide bonds. The lowest BCUT2D eigenvalue weighted by atomic mass is 10.1. The number of carbonyl (C=O) groups is 3. The Morgan fingerprint density at radius 3 is 2.00 bits per heavy atom. The third kappa shape index (κ3) is 17.4. The van der Waals surface area contributed by atoms with Gasteiger partial charge in [-0.1, -0.05) is 12.8 Å². The Hall–Kier alpha value is -1.95. The normalized spacial score (nSPS) is 12.7. The van der Waals surface area contributed by atoms with Crippen LogP contribution < -0.4 is 38.9 Å². The van der Waals surface area contributed by atoms with E-state index in [4.69, 9.17) is 27.7 Å². The molecule has 11 N–H and O–H groups in total. The molecule has 0 aromatic heterocycles. The highest BCUT2D eigenvalue weighted by molar-refractivity contribution is 5.88. The van der Waals surface area contributed by atoms with Gasteiger partial charge in [0.05, 0.1) is 12.6 Å². The number of ether oxygens (including phenoxy) is 1. The van der Waals surface area contributed by atoms with E-state index in [2.05, 4.69) is 16.0 Å². The van der Waals surface area contributed by atoms with Gasteiger partial charge >= 0.3 is 6.09 Å². The van der Waals surface area contributed by atoms with Gasteiger partial charge in [-0.2, -0.15) is 0 Å². The van der Waals surface area contributed by atoms with Crippen LogP contribution in [0.1, 0.15) is 57.8 Å². The zero-order chi connectivity index (χ0) is 23.3. The Balaban J connectivity index is 4.71. The van der Waals surface area contributed by atoms with Gasteiger partial charge in [0, 0.05) is 0 Å². The van der Waals surface area contributed by atoms with Crippen molar-refractivity contribution in [2.75, 3.05) is 39.3 Å². The number of primary amides is 1. The van der Waals surface area contributed by atoms with E-state index in [9.17, 15) is 14.4 Å². The molecular formula is C20H43N7O4. The van der Waals surface area contributed by atoms with Crippen LogP contribution in [0.15, 0.2) is 0 Å². The minimum Gasteiger partial charge on any atom is -0.448 e. The SMILES string of the molecule is NCCCCCNCC(=O)NC(CCCCN)C(=O)NC(CCCCN)COC(N)=O. The fourth-order valence-corrected chi connectivity index (χ4v) is 3.00. The monoisotopic (exact) mass is 445 g/mol. The Bertz CT molecular complexity index is 494. The minimum absolute atomic E-state index is 0.0283. The summed E-state index contributed by atoms with van der Waals surface area (Å²) in [5, 5.41) is 8.73. The highest BCUT2D eigenvalue weighted by Gasteiger charge is 2.23. The molecule has 0 heterocycles. The smallest absolute Gasteiger partial charge is 0.404 e. The highest BCUT2D eigenvalue weighted by atomic mass is 16.5. The number of nitrogens with two attached hydrogens (primary N) is 4. The molecule has 0 aliphatic carbocycles. The van der Waals surface area contributed by atoms with E-state index in [1.54, 1.807) is 0 Å². The van der Waals surface area contributed by atoms with Crippen molar-refractivity contribution >= 4 is 17.9 Å². The third-order valence-electron chi connectivity index (χ3n) is 4.72. The summed E-state index contributed by atoms with van der Waals surface area (Å²) in [6, 6.07) is -1.09. The van der Waals surface area contributed by atoms with Crippen LogP contribution in [0.3, 0.4) is 0 Å². The molecule has 0 bridgehead atoms. The van der Waals surface area contributed by atoms with Crippen molar-refractivity contribution in [2.45, 2.75) is 69.9 Å². The fraction of sp³-hybridized carbons (Fsp3) is 0.850. The second-order valence-electron chi connectivity index (χ2n) is 7.55. The second kappa shape index (κ2) is 20.0. The lowest BCUT2D eigenvalue weighted by Gasteiger charge is -2.23. The van der Waals surface area contributed by atoms with Crippen molar-refractivity contribution in [3.05, 3.63) is 0 Å². The molecule has 0 aromatic carbocycles. The Morgan fingerprint density at radius 1 is 0.774 bits per heavy atom. The van der Waals surface area contributed by atoms with Crippen LogP contribution >= 0.6 is 0 Å². The topological polar surface area (TPSA) is 201 Å². The number of nitrogens with one attached hydrogen (secondary N) is 3. The molecule has 2 atom stereocenters. The molecule has 0 saturated carbocycles. The summed E-state index contributed by atoms with van der Waals surface area (Å²) in [6.45, 7) is 2.53. The number of amides is 3. The largest absolute Gasteiger partial charge is 0.448 e. The summed E-state index contributed by atoms with van der Waals surface area (Å²) in [4.78, 5) is 36.1. The van der Waals surface area contributed by atoms with Gasteiger partial charge in [0.15, 0.2) is 0 Å². The number of carbonyl (C=O) groups excluding carboxylic acids is 3. The molecule has 0 aromatic rings. The number of hydrogen-bond acceptors (Lipinski definition) is 8. The summed E-state index contributed by atoms with van der Waals surface area (Å²) in [5.41, 5.74) is 21.6. The summed E-state index contributed by atoms with van der Waals surface area (Å²) in [6.07, 6.45) is 6.08. The first-order chi connectivity index (χ1) is 14.9. The molecule has 0 rings (SSSR count). The maximum absolute atomic E-state index is 12.8. The van der Waals surface area contributed by atoms with E-state index in [0.29, 0.717) is 45.4 Å². The minimum atomic E-state index is -0.900. The van der Waals surface area contributed by atoms with Crippen molar-refractivity contribution in [2.24, 2.45) is 22.9 Å². The zero-order valence-corrected chi connectivity index (χ0v) is 18.7. The van der Waals surface area contributed by atoms with Gasteiger partial charge in [0.25, 0.3) is 0 Å². The predicted octanol–water partition coefficient (Wildman–Crippen LogP) is -0.972. The van der Waals surface area contributed by atoms with Crippen molar-refractivity contribution in [1.82, 2.24) is 16.0 Å². The van der Waals surface area contributed by atoms with Gasteiger partial charge in [0.2, 0.25) is 11.8 Å². The van der Waals surface area contributed by atoms with Crippen LogP contribution in [-0.4, -0.2) is 69.3 Å². The molecular weight excluding hydrogens is 402 g/mol. The van der Waals surface area contributed by atoms with Gasteiger partial charge in [-0.25, -0.2) is 4.79 Å². The first-order valence-electron chi connectivity index (χ1n) is 11.3. The van der Waals surface area contributed by atoms with Gasteiger partial charge in [-0.15, -0.1) is 0 Å². The molecule has 0 fully saturated rings. The van der Waals surface area contributed by atoms with E-state index < -0.39 is 18.2 Å². The summed E-state index contributed by atoms with van der Waals surface area (Å²) < 4.78 is 4.86. The molecule has 31 heavy (non-hydrogen) atoms. The Morgan fingerprint density at radius 2 is 1.39 bits per heavy atom. The highest BCUT2D eigenvalue weighted by Crippen LogP contribution is 2.05. The average molecular weight is 446 g/mol. The molecule has 11 nitrogen and oxygen atoms in total. The van der Waals surface area contributed by atoms with E-state index >= 15 is 0 Å². The van der Waals surface area contributed by atoms with Crippen molar-refractivity contribution in [1.29, 1.82) is 0 Å². The lowest BCUT2D eigenvalue weighted by Crippen LogP contribution is -2.52. The molecule has 0 spiro atoms. The molecule has 2 unspecified atom stereocenters. The zero-order valence-electron chi connectivity index (χ0n) is 18.7. The van der Waals surface area contributed by atoms with Crippen LogP contribution in [-0.2, 0) is 14.3 Å². The average Bonchev–Trinajstić information content (AvgIpc) is 2.73. The van der Waals surface area contributed by atoms with E-state index in [0.717, 1.165) is 38.5 Å². The first-order valence-corrected chi connectivity index (χ1v) is 11.3. The first kappa shape index (κ1) is 29.1.